The van der Waals surface area contributed by atoms with Gasteiger partial charge in [0.2, 0.25) is 0 Å². The maximum atomic E-state index is 5.85. The van der Waals surface area contributed by atoms with Gasteiger partial charge in [0.25, 0.3) is 0 Å². The van der Waals surface area contributed by atoms with Crippen LogP contribution >= 0.6 is 0 Å². The van der Waals surface area contributed by atoms with Gasteiger partial charge < -0.3 is 5.73 Å². The van der Waals surface area contributed by atoms with Crippen molar-refractivity contribution < 1.29 is 0 Å². The quantitative estimate of drug-likeness (QED) is 0.652. The summed E-state index contributed by atoms with van der Waals surface area (Å²) in [5.41, 5.74) is 9.15. The van der Waals surface area contributed by atoms with E-state index in [0.29, 0.717) is 11.5 Å². The fourth-order valence-corrected chi connectivity index (χ4v) is 1.79. The summed E-state index contributed by atoms with van der Waals surface area (Å²) >= 11 is 0. The number of aromatic amines is 1. The van der Waals surface area contributed by atoms with E-state index in [-0.39, 0.29) is 0 Å². The Morgan fingerprint density at radius 3 is 2.94 bits per heavy atom. The smallest absolute Gasteiger partial charge is 0.186 e. The predicted octanol–water partition coefficient (Wildman–Crippen LogP) is 1.31. The Bertz CT molecular complexity index is 687. The zero-order valence-corrected chi connectivity index (χ0v) is 9.18. The van der Waals surface area contributed by atoms with Crippen LogP contribution in [0.4, 0.5) is 5.82 Å². The SMILES string of the molecule is Cc1cc(-c2[nH]nc3ncnc(N)c23)ccn1. The molecular weight excluding hydrogens is 216 g/mol. The second-order valence-corrected chi connectivity index (χ2v) is 3.74. The molecule has 0 fully saturated rings. The first-order valence-electron chi connectivity index (χ1n) is 5.13. The van der Waals surface area contributed by atoms with Crippen LogP contribution in [-0.4, -0.2) is 25.1 Å². The number of nitrogens with two attached hydrogens (primary N) is 1. The van der Waals surface area contributed by atoms with Crippen molar-refractivity contribution >= 4 is 16.9 Å². The molecule has 0 radical (unpaired) electrons. The fraction of sp³-hybridized carbons (Fsp3) is 0.0909. The lowest BCUT2D eigenvalue weighted by Gasteiger charge is -2.00. The van der Waals surface area contributed by atoms with Gasteiger partial charge >= 0.3 is 0 Å². The molecular formula is C11H10N6. The summed E-state index contributed by atoms with van der Waals surface area (Å²) in [6.45, 7) is 1.93. The molecule has 3 rings (SSSR count). The van der Waals surface area contributed by atoms with Crippen LogP contribution < -0.4 is 5.73 Å². The number of nitrogen functional groups attached to an aromatic ring is 1. The Balaban J connectivity index is 2.31. The van der Waals surface area contributed by atoms with Crippen molar-refractivity contribution in [2.45, 2.75) is 6.92 Å². The van der Waals surface area contributed by atoms with E-state index in [1.165, 1.54) is 6.33 Å². The lowest BCUT2D eigenvalue weighted by molar-refractivity contribution is 1.09. The van der Waals surface area contributed by atoms with Crippen molar-refractivity contribution in [2.75, 3.05) is 5.73 Å². The zero-order chi connectivity index (χ0) is 11.8. The lowest BCUT2D eigenvalue weighted by atomic mass is 10.1. The van der Waals surface area contributed by atoms with Gasteiger partial charge in [-0.3, -0.25) is 10.1 Å². The third-order valence-electron chi connectivity index (χ3n) is 2.57. The summed E-state index contributed by atoms with van der Waals surface area (Å²) in [4.78, 5) is 12.2. The highest BCUT2D eigenvalue weighted by Gasteiger charge is 2.12. The van der Waals surface area contributed by atoms with Gasteiger partial charge in [0.1, 0.15) is 12.1 Å². The summed E-state index contributed by atoms with van der Waals surface area (Å²) in [5.74, 6) is 0.424. The first kappa shape index (κ1) is 9.71. The van der Waals surface area contributed by atoms with Crippen molar-refractivity contribution in [3.05, 3.63) is 30.4 Å². The average Bonchev–Trinajstić information content (AvgIpc) is 2.74. The molecule has 84 valence electrons. The van der Waals surface area contributed by atoms with Gasteiger partial charge in [0.15, 0.2) is 5.65 Å². The Kier molecular flexibility index (Phi) is 2.01. The summed E-state index contributed by atoms with van der Waals surface area (Å²) in [7, 11) is 0. The van der Waals surface area contributed by atoms with Crippen LogP contribution in [0.15, 0.2) is 24.7 Å². The maximum absolute atomic E-state index is 5.85. The number of hydrogen-bond donors (Lipinski definition) is 2. The molecule has 17 heavy (non-hydrogen) atoms. The summed E-state index contributed by atoms with van der Waals surface area (Å²) in [6, 6.07) is 3.85. The highest BCUT2D eigenvalue weighted by Crippen LogP contribution is 2.27. The van der Waals surface area contributed by atoms with Gasteiger partial charge in [-0.1, -0.05) is 0 Å². The minimum absolute atomic E-state index is 0.424. The Morgan fingerprint density at radius 2 is 2.12 bits per heavy atom. The summed E-state index contributed by atoms with van der Waals surface area (Å²) in [5, 5.41) is 7.80. The Labute approximate surface area is 96.9 Å². The number of aromatic nitrogens is 5. The van der Waals surface area contributed by atoms with Gasteiger partial charge in [0.05, 0.1) is 11.1 Å². The van der Waals surface area contributed by atoms with E-state index in [4.69, 9.17) is 5.73 Å². The molecule has 0 unspecified atom stereocenters. The molecule has 0 aliphatic rings. The molecule has 6 nitrogen and oxygen atoms in total. The minimum atomic E-state index is 0.424. The molecule has 0 saturated heterocycles. The van der Waals surface area contributed by atoms with Crippen LogP contribution in [0.2, 0.25) is 0 Å². The molecule has 3 aromatic heterocycles. The largest absolute Gasteiger partial charge is 0.383 e. The normalized spacial score (nSPS) is 10.9. The van der Waals surface area contributed by atoms with E-state index < -0.39 is 0 Å². The molecule has 3 aromatic rings. The fourth-order valence-electron chi connectivity index (χ4n) is 1.79. The number of nitrogens with one attached hydrogen (secondary N) is 1. The standard InChI is InChI=1S/C11H10N6/c1-6-4-7(2-3-13-6)9-8-10(12)14-5-15-11(8)17-16-9/h2-5H,1H3,(H3,12,14,15,16,17). The second-order valence-electron chi connectivity index (χ2n) is 3.74. The highest BCUT2D eigenvalue weighted by molar-refractivity contribution is 5.97. The average molecular weight is 226 g/mol. The van der Waals surface area contributed by atoms with E-state index in [2.05, 4.69) is 25.1 Å². The van der Waals surface area contributed by atoms with E-state index in [0.717, 1.165) is 22.3 Å². The minimum Gasteiger partial charge on any atom is -0.383 e. The highest BCUT2D eigenvalue weighted by atomic mass is 15.2. The number of H-pyrrole nitrogens is 1. The number of anilines is 1. The van der Waals surface area contributed by atoms with Crippen molar-refractivity contribution in [1.29, 1.82) is 0 Å². The number of rotatable bonds is 1. The van der Waals surface area contributed by atoms with E-state index in [1.807, 2.05) is 19.1 Å². The molecule has 3 heterocycles. The zero-order valence-electron chi connectivity index (χ0n) is 9.18. The molecule has 0 amide bonds. The van der Waals surface area contributed by atoms with Crippen LogP contribution in [0.25, 0.3) is 22.3 Å². The number of nitrogens with zero attached hydrogens (tertiary/aromatic N) is 4. The number of aryl methyl sites for hydroxylation is 1. The predicted molar refractivity (Wildman–Crippen MR) is 64.1 cm³/mol. The molecule has 3 N–H and O–H groups in total. The molecule has 0 spiro atoms. The van der Waals surface area contributed by atoms with Gasteiger partial charge in [-0.15, -0.1) is 0 Å². The third kappa shape index (κ3) is 1.50. The van der Waals surface area contributed by atoms with Crippen molar-refractivity contribution in [3.8, 4) is 11.3 Å². The lowest BCUT2D eigenvalue weighted by Crippen LogP contribution is -1.92. The van der Waals surface area contributed by atoms with Crippen molar-refractivity contribution in [1.82, 2.24) is 25.1 Å². The molecule has 0 aliphatic carbocycles. The Hall–Kier alpha value is -2.50. The number of pyridine rings is 1. The first-order valence-corrected chi connectivity index (χ1v) is 5.13. The van der Waals surface area contributed by atoms with Crippen LogP contribution in [-0.2, 0) is 0 Å². The molecule has 0 aromatic carbocycles. The van der Waals surface area contributed by atoms with Gasteiger partial charge in [-0.2, -0.15) is 5.10 Å². The van der Waals surface area contributed by atoms with Crippen LogP contribution in [0.1, 0.15) is 5.69 Å². The number of fused-ring (bicyclic) bond motifs is 1. The monoisotopic (exact) mass is 226 g/mol. The second kappa shape index (κ2) is 3.51. The summed E-state index contributed by atoms with van der Waals surface area (Å²) < 4.78 is 0. The van der Waals surface area contributed by atoms with Crippen LogP contribution in [0, 0.1) is 6.92 Å². The van der Waals surface area contributed by atoms with E-state index in [1.54, 1.807) is 6.20 Å². The van der Waals surface area contributed by atoms with Crippen LogP contribution in [0.5, 0.6) is 0 Å². The van der Waals surface area contributed by atoms with Crippen molar-refractivity contribution in [3.63, 3.8) is 0 Å². The summed E-state index contributed by atoms with van der Waals surface area (Å²) in [6.07, 6.45) is 3.15. The van der Waals surface area contributed by atoms with Gasteiger partial charge in [-0.25, -0.2) is 9.97 Å². The van der Waals surface area contributed by atoms with Gasteiger partial charge in [0, 0.05) is 17.5 Å². The maximum Gasteiger partial charge on any atom is 0.186 e. The first-order chi connectivity index (χ1) is 8.25. The Morgan fingerprint density at radius 1 is 1.24 bits per heavy atom. The molecule has 0 saturated carbocycles. The van der Waals surface area contributed by atoms with E-state index >= 15 is 0 Å². The molecule has 0 atom stereocenters. The topological polar surface area (TPSA) is 93.4 Å². The third-order valence-corrected chi connectivity index (χ3v) is 2.57. The van der Waals surface area contributed by atoms with Crippen LogP contribution in [0.3, 0.4) is 0 Å². The van der Waals surface area contributed by atoms with Crippen molar-refractivity contribution in [2.24, 2.45) is 0 Å². The number of hydrogen-bond acceptors (Lipinski definition) is 5. The van der Waals surface area contributed by atoms with Gasteiger partial charge in [-0.05, 0) is 19.1 Å². The molecule has 6 heteroatoms. The molecule has 0 bridgehead atoms. The molecule has 0 aliphatic heterocycles. The van der Waals surface area contributed by atoms with E-state index in [9.17, 15) is 0 Å².